The molecule has 0 aromatic heterocycles. The molecule has 0 spiro atoms. The smallest absolute Gasteiger partial charge is 0.420 e. The van der Waals surface area contributed by atoms with E-state index in [0.29, 0.717) is 29.3 Å². The van der Waals surface area contributed by atoms with Gasteiger partial charge in [-0.3, -0.25) is 9.80 Å². The fraction of sp³-hybridized carbons (Fsp3) is 0.250. The molecule has 3 aromatic rings. The fourth-order valence-corrected chi connectivity index (χ4v) is 8.10. The number of anilines is 2. The molecule has 1 saturated heterocycles. The van der Waals surface area contributed by atoms with Gasteiger partial charge in [0.25, 0.3) is 0 Å². The topological polar surface area (TPSA) is 96.5 Å². The van der Waals surface area contributed by atoms with E-state index >= 15 is 0 Å². The number of carbonyl (C=O) groups excluding carboxylic acids is 2. The number of sulfonamides is 1. The van der Waals surface area contributed by atoms with Crippen molar-refractivity contribution in [1.82, 2.24) is 4.31 Å². The number of benzene rings is 3. The summed E-state index contributed by atoms with van der Waals surface area (Å²) in [6, 6.07) is 15.8. The van der Waals surface area contributed by atoms with Crippen LogP contribution in [0.25, 0.3) is 10.8 Å². The number of cyclic esters (lactones) is 2. The highest BCUT2D eigenvalue weighted by atomic mass is 32.2. The number of rotatable bonds is 4. The molecule has 3 aromatic carbocycles. The van der Waals surface area contributed by atoms with E-state index in [1.807, 2.05) is 55.5 Å². The molecular formula is C32H29N3O6S. The van der Waals surface area contributed by atoms with Crippen molar-refractivity contribution < 1.29 is 27.5 Å². The van der Waals surface area contributed by atoms with Crippen molar-refractivity contribution in [3.8, 4) is 0 Å². The zero-order valence-corrected chi connectivity index (χ0v) is 23.8. The highest BCUT2D eigenvalue weighted by Gasteiger charge is 2.39. The summed E-state index contributed by atoms with van der Waals surface area (Å²) in [7, 11) is -3.88. The van der Waals surface area contributed by atoms with Gasteiger partial charge in [0, 0.05) is 41.0 Å². The molecule has 1 unspecified atom stereocenters. The predicted molar refractivity (Wildman–Crippen MR) is 159 cm³/mol. The molecule has 9 nitrogen and oxygen atoms in total. The summed E-state index contributed by atoms with van der Waals surface area (Å²) in [5.74, 6) is 0. The Morgan fingerprint density at radius 2 is 1.62 bits per heavy atom. The molecule has 0 N–H and O–H groups in total. The summed E-state index contributed by atoms with van der Waals surface area (Å²) in [5.41, 5.74) is 4.22. The zero-order chi connectivity index (χ0) is 29.0. The van der Waals surface area contributed by atoms with Crippen LogP contribution in [0.2, 0.25) is 0 Å². The van der Waals surface area contributed by atoms with E-state index in [1.165, 1.54) is 10.6 Å². The van der Waals surface area contributed by atoms with Gasteiger partial charge in [-0.2, -0.15) is 4.31 Å². The second-order valence-electron chi connectivity index (χ2n) is 10.8. The molecule has 0 bridgehead atoms. The zero-order valence-electron chi connectivity index (χ0n) is 23.0. The molecule has 1 fully saturated rings. The Hall–Kier alpha value is -4.41. The normalized spacial score (nSPS) is 21.1. The quantitative estimate of drug-likeness (QED) is 0.386. The molecule has 1 atom stereocenters. The number of aryl methyl sites for hydroxylation is 1. The average Bonchev–Trinajstić information content (AvgIpc) is 3.01. The highest BCUT2D eigenvalue weighted by molar-refractivity contribution is 7.89. The van der Waals surface area contributed by atoms with E-state index in [4.69, 9.17) is 9.47 Å². The Morgan fingerprint density at radius 1 is 0.857 bits per heavy atom. The minimum atomic E-state index is -3.88. The van der Waals surface area contributed by atoms with Gasteiger partial charge in [-0.05, 0) is 37.5 Å². The number of nitrogens with zero attached hydrogens (tertiary/aromatic N) is 3. The van der Waals surface area contributed by atoms with Gasteiger partial charge < -0.3 is 9.47 Å². The van der Waals surface area contributed by atoms with Crippen molar-refractivity contribution in [3.63, 3.8) is 0 Å². The molecule has 2 amide bonds. The minimum absolute atomic E-state index is 0.173. The van der Waals surface area contributed by atoms with E-state index in [9.17, 15) is 18.0 Å². The van der Waals surface area contributed by atoms with E-state index in [-0.39, 0.29) is 36.7 Å². The SMILES string of the molecule is Cc1cccc2c1N(C1CCN(S(=O)(=O)c3cccc4c(N5C(=O)OC=C6C=CC=CC65)cccc34)CC1)C(=O)OC2. The summed E-state index contributed by atoms with van der Waals surface area (Å²) in [5, 5.41) is 1.17. The van der Waals surface area contributed by atoms with Gasteiger partial charge in [0.2, 0.25) is 10.0 Å². The van der Waals surface area contributed by atoms with Crippen LogP contribution in [0.5, 0.6) is 0 Å². The van der Waals surface area contributed by atoms with Crippen LogP contribution in [0.1, 0.15) is 24.0 Å². The number of hydrogen-bond acceptors (Lipinski definition) is 6. The first-order valence-electron chi connectivity index (χ1n) is 14.0. The molecule has 0 saturated carbocycles. The number of piperidine rings is 1. The maximum Gasteiger partial charge on any atom is 0.420 e. The first-order chi connectivity index (χ1) is 20.3. The van der Waals surface area contributed by atoms with E-state index in [1.54, 1.807) is 40.1 Å². The molecule has 1 aliphatic carbocycles. The standard InChI is InChI=1S/C32H29N3O6S/c1-21-7-4-9-23-20-41-31(36)34(30(21)23)24-15-17-33(18-16-24)42(38,39)29-14-6-10-25-26(29)11-5-13-28(25)35-27-12-3-2-8-22(27)19-40-32(35)37/h2-14,19,24,27H,15-18,20H2,1H3. The summed E-state index contributed by atoms with van der Waals surface area (Å²) in [4.78, 5) is 29.2. The molecule has 7 rings (SSSR count). The number of para-hydroxylation sites is 1. The van der Waals surface area contributed by atoms with Gasteiger partial charge in [0.15, 0.2) is 0 Å². The fourth-order valence-electron chi connectivity index (χ4n) is 6.42. The number of hydrogen-bond donors (Lipinski definition) is 0. The lowest BCUT2D eigenvalue weighted by molar-refractivity contribution is 0.135. The number of fused-ring (bicyclic) bond motifs is 3. The Labute approximate surface area is 244 Å². The first kappa shape index (κ1) is 26.5. The van der Waals surface area contributed by atoms with Crippen LogP contribution in [0.3, 0.4) is 0 Å². The van der Waals surface area contributed by atoms with Crippen LogP contribution in [-0.4, -0.2) is 50.1 Å². The van der Waals surface area contributed by atoms with Crippen molar-refractivity contribution in [2.45, 2.75) is 43.4 Å². The summed E-state index contributed by atoms with van der Waals surface area (Å²) >= 11 is 0. The third-order valence-electron chi connectivity index (χ3n) is 8.44. The van der Waals surface area contributed by atoms with Crippen LogP contribution < -0.4 is 9.80 Å². The van der Waals surface area contributed by atoms with Crippen LogP contribution >= 0.6 is 0 Å². The summed E-state index contributed by atoms with van der Waals surface area (Å²) in [6.07, 6.45) is 9.05. The molecule has 214 valence electrons. The van der Waals surface area contributed by atoms with Gasteiger partial charge in [-0.25, -0.2) is 18.0 Å². The maximum absolute atomic E-state index is 14.1. The molecule has 3 heterocycles. The van der Waals surface area contributed by atoms with Gasteiger partial charge >= 0.3 is 12.2 Å². The number of allylic oxidation sites excluding steroid dienone is 2. The van der Waals surface area contributed by atoms with Gasteiger partial charge in [0.05, 0.1) is 22.3 Å². The Morgan fingerprint density at radius 3 is 2.45 bits per heavy atom. The lowest BCUT2D eigenvalue weighted by Gasteiger charge is -2.40. The highest BCUT2D eigenvalue weighted by Crippen LogP contribution is 2.39. The number of amides is 2. The second kappa shape index (κ2) is 10.1. The largest absolute Gasteiger partial charge is 0.444 e. The first-order valence-corrected chi connectivity index (χ1v) is 15.4. The van der Waals surface area contributed by atoms with Crippen molar-refractivity contribution >= 4 is 44.4 Å². The Balaban J connectivity index is 1.18. The lowest BCUT2D eigenvalue weighted by Crippen LogP contribution is -2.50. The van der Waals surface area contributed by atoms with Gasteiger partial charge in [-0.15, -0.1) is 0 Å². The summed E-state index contributed by atoms with van der Waals surface area (Å²) in [6.45, 7) is 2.74. The Bertz CT molecular complexity index is 1820. The molecule has 0 radical (unpaired) electrons. The van der Waals surface area contributed by atoms with Crippen molar-refractivity contribution in [2.75, 3.05) is 22.9 Å². The predicted octanol–water partition coefficient (Wildman–Crippen LogP) is 5.79. The van der Waals surface area contributed by atoms with Crippen LogP contribution in [0.4, 0.5) is 21.0 Å². The van der Waals surface area contributed by atoms with Gasteiger partial charge in [-0.1, -0.05) is 66.8 Å². The summed E-state index contributed by atoms with van der Waals surface area (Å²) < 4.78 is 40.4. The molecule has 42 heavy (non-hydrogen) atoms. The average molecular weight is 584 g/mol. The molecule has 3 aliphatic heterocycles. The third kappa shape index (κ3) is 4.21. The monoisotopic (exact) mass is 583 g/mol. The van der Waals surface area contributed by atoms with Crippen LogP contribution in [-0.2, 0) is 26.1 Å². The van der Waals surface area contributed by atoms with Crippen molar-refractivity contribution in [2.24, 2.45) is 0 Å². The Kier molecular flexibility index (Phi) is 6.40. The van der Waals surface area contributed by atoms with Crippen molar-refractivity contribution in [3.05, 3.63) is 102 Å². The number of ether oxygens (including phenoxy) is 2. The molecule has 4 aliphatic rings. The van der Waals surface area contributed by atoms with Crippen molar-refractivity contribution in [1.29, 1.82) is 0 Å². The molecule has 10 heteroatoms. The van der Waals surface area contributed by atoms with Gasteiger partial charge in [0.1, 0.15) is 12.9 Å². The lowest BCUT2D eigenvalue weighted by atomic mass is 9.99. The van der Waals surface area contributed by atoms with Crippen LogP contribution in [0.15, 0.2) is 95.6 Å². The second-order valence-corrected chi connectivity index (χ2v) is 12.7. The van der Waals surface area contributed by atoms with E-state index in [0.717, 1.165) is 22.4 Å². The number of carbonyl (C=O) groups is 2. The van der Waals surface area contributed by atoms with E-state index < -0.39 is 22.2 Å². The molecular weight excluding hydrogens is 554 g/mol. The maximum atomic E-state index is 14.1. The van der Waals surface area contributed by atoms with E-state index in [2.05, 4.69) is 0 Å². The van der Waals surface area contributed by atoms with Crippen LogP contribution in [0, 0.1) is 6.92 Å². The minimum Gasteiger partial charge on any atom is -0.444 e. The third-order valence-corrected chi connectivity index (χ3v) is 10.4.